The first kappa shape index (κ1) is 23.8. The maximum Gasteiger partial charge on any atom is 0.416 e. The van der Waals surface area contributed by atoms with Gasteiger partial charge in [0, 0.05) is 10.6 Å². The summed E-state index contributed by atoms with van der Waals surface area (Å²) in [5, 5.41) is 0.885. The van der Waals surface area contributed by atoms with E-state index < -0.39 is 11.7 Å². The fourth-order valence-corrected chi connectivity index (χ4v) is 5.03. The van der Waals surface area contributed by atoms with Gasteiger partial charge in [0.15, 0.2) is 5.75 Å². The standard InChI is InChI=1S/C22H15Cl2F3N2O2S2/c1-11-7-12(22(25,26)27)3-6-18(11)33-29-13-8-15(23)20(16(24)9-13)31-21-28-17-5-4-14(30-2)10-19(17)32-21/h3-10,29H,1-2H3. The fourth-order valence-electron chi connectivity index (χ4n) is 2.91. The smallest absolute Gasteiger partial charge is 0.416 e. The molecule has 0 unspecified atom stereocenters. The number of anilines is 1. The number of hydrogen-bond acceptors (Lipinski definition) is 6. The van der Waals surface area contributed by atoms with Crippen LogP contribution < -0.4 is 14.2 Å². The largest absolute Gasteiger partial charge is 0.497 e. The Morgan fingerprint density at radius 2 is 1.76 bits per heavy atom. The molecule has 4 nitrogen and oxygen atoms in total. The van der Waals surface area contributed by atoms with E-state index in [2.05, 4.69) is 9.71 Å². The monoisotopic (exact) mass is 530 g/mol. The van der Waals surface area contributed by atoms with Crippen LogP contribution in [0.2, 0.25) is 10.0 Å². The van der Waals surface area contributed by atoms with E-state index in [-0.39, 0.29) is 15.8 Å². The van der Waals surface area contributed by atoms with E-state index in [0.717, 1.165) is 34.3 Å². The van der Waals surface area contributed by atoms with Crippen LogP contribution in [0.15, 0.2) is 53.4 Å². The molecule has 33 heavy (non-hydrogen) atoms. The Bertz CT molecular complexity index is 1310. The molecule has 0 aliphatic heterocycles. The van der Waals surface area contributed by atoms with E-state index in [1.54, 1.807) is 26.2 Å². The van der Waals surface area contributed by atoms with E-state index in [1.165, 1.54) is 17.4 Å². The predicted molar refractivity (Wildman–Crippen MR) is 128 cm³/mol. The lowest BCUT2D eigenvalue weighted by molar-refractivity contribution is -0.137. The second-order valence-corrected chi connectivity index (χ2v) is 9.52. The van der Waals surface area contributed by atoms with Gasteiger partial charge >= 0.3 is 6.18 Å². The van der Waals surface area contributed by atoms with Crippen LogP contribution in [-0.2, 0) is 6.18 Å². The van der Waals surface area contributed by atoms with Gasteiger partial charge in [0.05, 0.1) is 32.9 Å². The third-order valence-corrected chi connectivity index (χ3v) is 7.02. The molecule has 0 saturated carbocycles. The lowest BCUT2D eigenvalue weighted by Crippen LogP contribution is -2.05. The van der Waals surface area contributed by atoms with E-state index in [1.807, 2.05) is 18.2 Å². The highest BCUT2D eigenvalue weighted by Crippen LogP contribution is 2.42. The summed E-state index contributed by atoms with van der Waals surface area (Å²) in [6, 6.07) is 12.3. The van der Waals surface area contributed by atoms with Crippen molar-refractivity contribution in [1.29, 1.82) is 0 Å². The van der Waals surface area contributed by atoms with Crippen LogP contribution in [0.4, 0.5) is 18.9 Å². The van der Waals surface area contributed by atoms with Crippen molar-refractivity contribution in [3.63, 3.8) is 0 Å². The minimum Gasteiger partial charge on any atom is -0.497 e. The molecule has 0 fully saturated rings. The van der Waals surface area contributed by atoms with Gasteiger partial charge in [0.2, 0.25) is 0 Å². The molecule has 0 amide bonds. The zero-order valence-corrected chi connectivity index (χ0v) is 20.2. The number of rotatable bonds is 6. The van der Waals surface area contributed by atoms with Gasteiger partial charge in [-0.05, 0) is 73.0 Å². The Morgan fingerprint density at radius 3 is 2.39 bits per heavy atom. The van der Waals surface area contributed by atoms with Crippen LogP contribution in [0.3, 0.4) is 0 Å². The summed E-state index contributed by atoms with van der Waals surface area (Å²) in [5.41, 5.74) is 1.12. The molecule has 0 atom stereocenters. The summed E-state index contributed by atoms with van der Waals surface area (Å²) in [7, 11) is 1.59. The SMILES string of the molecule is COc1ccc2nc(Oc3c(Cl)cc(NSc4ccc(C(F)(F)F)cc4C)cc3Cl)sc2c1. The molecule has 0 radical (unpaired) electrons. The number of ether oxygens (including phenoxy) is 2. The molecule has 1 N–H and O–H groups in total. The molecule has 0 spiro atoms. The van der Waals surface area contributed by atoms with Gasteiger partial charge in [-0.2, -0.15) is 13.2 Å². The van der Waals surface area contributed by atoms with Crippen molar-refractivity contribution in [2.75, 3.05) is 11.8 Å². The molecule has 0 bridgehead atoms. The van der Waals surface area contributed by atoms with Crippen LogP contribution in [0, 0.1) is 6.92 Å². The number of nitrogens with one attached hydrogen (secondary N) is 1. The highest BCUT2D eigenvalue weighted by atomic mass is 35.5. The summed E-state index contributed by atoms with van der Waals surface area (Å²) < 4.78 is 53.6. The molecule has 11 heteroatoms. The van der Waals surface area contributed by atoms with E-state index in [0.29, 0.717) is 27.1 Å². The normalized spacial score (nSPS) is 11.6. The third kappa shape index (κ3) is 5.43. The summed E-state index contributed by atoms with van der Waals surface area (Å²) in [6.07, 6.45) is -4.38. The van der Waals surface area contributed by atoms with Crippen molar-refractivity contribution in [1.82, 2.24) is 4.98 Å². The van der Waals surface area contributed by atoms with Gasteiger partial charge in [-0.25, -0.2) is 4.98 Å². The average Bonchev–Trinajstić information content (AvgIpc) is 3.16. The predicted octanol–water partition coefficient (Wildman–Crippen LogP) is 8.85. The van der Waals surface area contributed by atoms with Gasteiger partial charge in [0.1, 0.15) is 5.75 Å². The Balaban J connectivity index is 1.49. The summed E-state index contributed by atoms with van der Waals surface area (Å²) in [6.45, 7) is 1.61. The van der Waals surface area contributed by atoms with Crippen LogP contribution in [0.5, 0.6) is 16.7 Å². The Labute approximate surface area is 205 Å². The lowest BCUT2D eigenvalue weighted by atomic mass is 10.1. The van der Waals surface area contributed by atoms with E-state index in [9.17, 15) is 13.2 Å². The highest BCUT2D eigenvalue weighted by molar-refractivity contribution is 8.00. The van der Waals surface area contributed by atoms with Crippen molar-refractivity contribution in [3.8, 4) is 16.7 Å². The van der Waals surface area contributed by atoms with Crippen LogP contribution in [-0.4, -0.2) is 12.1 Å². The quantitative estimate of drug-likeness (QED) is 0.252. The molecule has 0 aliphatic rings. The number of methoxy groups -OCH3 is 1. The first-order valence-electron chi connectivity index (χ1n) is 9.36. The van der Waals surface area contributed by atoms with E-state index in [4.69, 9.17) is 32.7 Å². The molecule has 3 aromatic carbocycles. The van der Waals surface area contributed by atoms with E-state index >= 15 is 0 Å². The van der Waals surface area contributed by atoms with Crippen molar-refractivity contribution in [2.45, 2.75) is 18.0 Å². The first-order chi connectivity index (χ1) is 15.6. The average molecular weight is 531 g/mol. The third-order valence-electron chi connectivity index (χ3n) is 4.54. The van der Waals surface area contributed by atoms with Crippen LogP contribution in [0.1, 0.15) is 11.1 Å². The molecular formula is C22H15Cl2F3N2O2S2. The van der Waals surface area contributed by atoms with Gasteiger partial charge in [0.25, 0.3) is 5.19 Å². The summed E-state index contributed by atoms with van der Waals surface area (Å²) >= 11 is 15.3. The molecule has 1 aromatic heterocycles. The number of nitrogens with zero attached hydrogens (tertiary/aromatic N) is 1. The number of aryl methyl sites for hydroxylation is 1. The number of halogens is 5. The fraction of sp³-hybridized carbons (Fsp3) is 0.136. The number of fused-ring (bicyclic) bond motifs is 1. The van der Waals surface area contributed by atoms with Crippen molar-refractivity contribution < 1.29 is 22.6 Å². The minimum atomic E-state index is -4.38. The minimum absolute atomic E-state index is 0.255. The molecule has 1 heterocycles. The Hall–Kier alpha value is -2.33. The van der Waals surface area contributed by atoms with Crippen molar-refractivity contribution in [2.24, 2.45) is 0 Å². The number of hydrogen-bond donors (Lipinski definition) is 1. The van der Waals surface area contributed by atoms with Gasteiger partial charge in [-0.15, -0.1) is 0 Å². The number of benzene rings is 3. The lowest BCUT2D eigenvalue weighted by Gasteiger charge is -2.13. The van der Waals surface area contributed by atoms with Crippen molar-refractivity contribution >= 4 is 62.4 Å². The zero-order valence-electron chi connectivity index (χ0n) is 17.1. The Kier molecular flexibility index (Phi) is 6.86. The number of thiazole rings is 1. The molecule has 172 valence electrons. The van der Waals surface area contributed by atoms with Crippen LogP contribution in [0.25, 0.3) is 10.2 Å². The molecule has 4 rings (SSSR count). The number of aromatic nitrogens is 1. The molecule has 4 aromatic rings. The first-order valence-corrected chi connectivity index (χ1v) is 11.7. The van der Waals surface area contributed by atoms with Gasteiger partial charge in [-0.3, -0.25) is 0 Å². The summed E-state index contributed by atoms with van der Waals surface area (Å²) in [4.78, 5) is 5.06. The van der Waals surface area contributed by atoms with Crippen molar-refractivity contribution in [3.05, 3.63) is 69.7 Å². The second-order valence-electron chi connectivity index (χ2n) is 6.87. The molecule has 0 saturated heterocycles. The van der Waals surface area contributed by atoms with Crippen LogP contribution >= 0.6 is 46.5 Å². The van der Waals surface area contributed by atoms with Gasteiger partial charge < -0.3 is 14.2 Å². The second kappa shape index (κ2) is 9.50. The zero-order chi connectivity index (χ0) is 23.8. The number of alkyl halides is 3. The maximum atomic E-state index is 12.9. The van der Waals surface area contributed by atoms with Gasteiger partial charge in [-0.1, -0.05) is 34.5 Å². The highest BCUT2D eigenvalue weighted by Gasteiger charge is 2.30. The Morgan fingerprint density at radius 1 is 1.03 bits per heavy atom. The summed E-state index contributed by atoms with van der Waals surface area (Å²) in [5.74, 6) is 0.968. The molecule has 0 aliphatic carbocycles. The molecular weight excluding hydrogens is 516 g/mol. The topological polar surface area (TPSA) is 43.4 Å². The maximum absolute atomic E-state index is 12.9.